The molecule has 0 aromatic carbocycles. The zero-order valence-electron chi connectivity index (χ0n) is 12.0. The fraction of sp³-hybridized carbons (Fsp3) is 0.533. The molecule has 3 N–H and O–H groups in total. The van der Waals surface area contributed by atoms with Crippen LogP contribution in [-0.4, -0.2) is 43.0 Å². The Hall–Kier alpha value is -1.35. The number of hydrogen-bond donors (Lipinski definition) is 2. The minimum atomic E-state index is -0.0110. The molecule has 0 radical (unpaired) electrons. The molecule has 1 aliphatic heterocycles. The number of amides is 1. The van der Waals surface area contributed by atoms with Crippen LogP contribution in [0.3, 0.4) is 0 Å². The Bertz CT molecular complexity index is 529. The molecule has 0 bridgehead atoms. The van der Waals surface area contributed by atoms with Crippen LogP contribution in [0.25, 0.3) is 0 Å². The van der Waals surface area contributed by atoms with Gasteiger partial charge < -0.3 is 16.0 Å². The molecule has 2 atom stereocenters. The largest absolute Gasteiger partial charge is 0.348 e. The first-order valence-corrected chi connectivity index (χ1v) is 7.77. The molecule has 2 unspecified atom stereocenters. The molecule has 0 aliphatic carbocycles. The lowest BCUT2D eigenvalue weighted by atomic mass is 9.99. The maximum atomic E-state index is 12.3. The number of likely N-dealkylation sites (tertiary alicyclic amines) is 1. The van der Waals surface area contributed by atoms with Gasteiger partial charge in [-0.2, -0.15) is 0 Å². The number of carbonyl (C=O) groups is 1. The van der Waals surface area contributed by atoms with Crippen molar-refractivity contribution in [2.45, 2.75) is 31.8 Å². The summed E-state index contributed by atoms with van der Waals surface area (Å²) in [4.78, 5) is 15.4. The van der Waals surface area contributed by atoms with Crippen LogP contribution in [0.5, 0.6) is 0 Å². The molecule has 1 aromatic heterocycles. The van der Waals surface area contributed by atoms with Crippen molar-refractivity contribution in [1.29, 1.82) is 0 Å². The van der Waals surface area contributed by atoms with E-state index in [1.165, 1.54) is 11.3 Å². The molecule has 1 fully saturated rings. The van der Waals surface area contributed by atoms with Gasteiger partial charge in [0.2, 0.25) is 0 Å². The second-order valence-electron chi connectivity index (χ2n) is 5.19. The smallest absolute Gasteiger partial charge is 0.262 e. The highest BCUT2D eigenvalue weighted by Crippen LogP contribution is 2.19. The average molecular weight is 291 g/mol. The van der Waals surface area contributed by atoms with E-state index in [1.54, 1.807) is 0 Å². The minimum absolute atomic E-state index is 0.0110. The minimum Gasteiger partial charge on any atom is -0.348 e. The SMILES string of the molecule is CC1CC(NC(=O)c2sccc2C#CCN)CCN1C. The molecule has 1 aliphatic rings. The lowest BCUT2D eigenvalue weighted by Crippen LogP contribution is -2.47. The summed E-state index contributed by atoms with van der Waals surface area (Å²) in [6.07, 6.45) is 2.00. The molecule has 20 heavy (non-hydrogen) atoms. The fourth-order valence-corrected chi connectivity index (χ4v) is 3.15. The summed E-state index contributed by atoms with van der Waals surface area (Å²) in [5, 5.41) is 5.03. The molecule has 1 saturated heterocycles. The number of piperidine rings is 1. The normalized spacial score (nSPS) is 22.9. The van der Waals surface area contributed by atoms with Crippen molar-refractivity contribution in [3.63, 3.8) is 0 Å². The van der Waals surface area contributed by atoms with Gasteiger partial charge in [0.05, 0.1) is 6.54 Å². The van der Waals surface area contributed by atoms with Gasteiger partial charge in [-0.05, 0) is 38.3 Å². The summed E-state index contributed by atoms with van der Waals surface area (Å²) < 4.78 is 0. The Balaban J connectivity index is 2.00. The van der Waals surface area contributed by atoms with E-state index in [9.17, 15) is 4.79 Å². The molecule has 0 saturated carbocycles. The Morgan fingerprint density at radius 3 is 3.15 bits per heavy atom. The summed E-state index contributed by atoms with van der Waals surface area (Å²) in [5.41, 5.74) is 6.15. The Kier molecular flexibility index (Phi) is 5.18. The zero-order chi connectivity index (χ0) is 14.5. The molecule has 108 valence electrons. The Morgan fingerprint density at radius 1 is 1.65 bits per heavy atom. The lowest BCUT2D eigenvalue weighted by molar-refractivity contribution is 0.0900. The number of nitrogens with two attached hydrogens (primary N) is 1. The highest BCUT2D eigenvalue weighted by Gasteiger charge is 2.25. The van der Waals surface area contributed by atoms with E-state index < -0.39 is 0 Å². The molecule has 4 nitrogen and oxygen atoms in total. The number of nitrogens with one attached hydrogen (secondary N) is 1. The van der Waals surface area contributed by atoms with Gasteiger partial charge in [-0.3, -0.25) is 4.79 Å². The van der Waals surface area contributed by atoms with E-state index >= 15 is 0 Å². The molecule has 1 amide bonds. The number of thiophene rings is 1. The summed E-state index contributed by atoms with van der Waals surface area (Å²) >= 11 is 1.43. The van der Waals surface area contributed by atoms with Crippen LogP contribution in [0.1, 0.15) is 35.0 Å². The summed E-state index contributed by atoms with van der Waals surface area (Å²) in [6.45, 7) is 3.53. The van der Waals surface area contributed by atoms with Gasteiger partial charge in [0.15, 0.2) is 0 Å². The molecular weight excluding hydrogens is 270 g/mol. The maximum Gasteiger partial charge on any atom is 0.262 e. The van der Waals surface area contributed by atoms with Crippen LogP contribution < -0.4 is 11.1 Å². The average Bonchev–Trinajstić information content (AvgIpc) is 2.89. The van der Waals surface area contributed by atoms with Crippen molar-refractivity contribution in [3.05, 3.63) is 21.9 Å². The molecule has 2 rings (SSSR count). The van der Waals surface area contributed by atoms with Crippen LogP contribution in [0, 0.1) is 11.8 Å². The van der Waals surface area contributed by atoms with Crippen LogP contribution in [-0.2, 0) is 0 Å². The number of hydrogen-bond acceptors (Lipinski definition) is 4. The third-order valence-corrected chi connectivity index (χ3v) is 4.65. The van der Waals surface area contributed by atoms with Crippen LogP contribution in [0.2, 0.25) is 0 Å². The first kappa shape index (κ1) is 15.0. The van der Waals surface area contributed by atoms with Gasteiger partial charge in [-0.1, -0.05) is 11.8 Å². The Labute approximate surface area is 124 Å². The zero-order valence-corrected chi connectivity index (χ0v) is 12.8. The molecular formula is C15H21N3OS. The first-order chi connectivity index (χ1) is 9.61. The summed E-state index contributed by atoms with van der Waals surface area (Å²) in [6, 6.07) is 2.64. The summed E-state index contributed by atoms with van der Waals surface area (Å²) in [5.74, 6) is 5.74. The summed E-state index contributed by atoms with van der Waals surface area (Å²) in [7, 11) is 2.13. The highest BCUT2D eigenvalue weighted by atomic mass is 32.1. The second kappa shape index (κ2) is 6.89. The second-order valence-corrected chi connectivity index (χ2v) is 6.11. The van der Waals surface area contributed by atoms with E-state index in [0.29, 0.717) is 17.5 Å². The van der Waals surface area contributed by atoms with Gasteiger partial charge >= 0.3 is 0 Å². The van der Waals surface area contributed by atoms with Crippen molar-refractivity contribution < 1.29 is 4.79 Å². The van der Waals surface area contributed by atoms with Crippen molar-refractivity contribution in [2.75, 3.05) is 20.1 Å². The molecule has 5 heteroatoms. The Morgan fingerprint density at radius 2 is 2.45 bits per heavy atom. The van der Waals surface area contributed by atoms with Crippen molar-refractivity contribution in [3.8, 4) is 11.8 Å². The number of rotatable bonds is 2. The van der Waals surface area contributed by atoms with Gasteiger partial charge in [0.1, 0.15) is 4.88 Å². The highest BCUT2D eigenvalue weighted by molar-refractivity contribution is 7.12. The van der Waals surface area contributed by atoms with Crippen LogP contribution in [0.15, 0.2) is 11.4 Å². The molecule has 1 aromatic rings. The number of carbonyl (C=O) groups excluding carboxylic acids is 1. The third-order valence-electron chi connectivity index (χ3n) is 3.74. The fourth-order valence-electron chi connectivity index (χ4n) is 2.40. The predicted molar refractivity (Wildman–Crippen MR) is 82.8 cm³/mol. The van der Waals surface area contributed by atoms with Crippen LogP contribution >= 0.6 is 11.3 Å². The lowest BCUT2D eigenvalue weighted by Gasteiger charge is -2.35. The van der Waals surface area contributed by atoms with E-state index in [0.717, 1.165) is 24.9 Å². The van der Waals surface area contributed by atoms with Gasteiger partial charge in [-0.15, -0.1) is 11.3 Å². The maximum absolute atomic E-state index is 12.3. The first-order valence-electron chi connectivity index (χ1n) is 6.89. The van der Waals surface area contributed by atoms with Crippen molar-refractivity contribution in [2.24, 2.45) is 5.73 Å². The van der Waals surface area contributed by atoms with E-state index in [2.05, 4.69) is 36.0 Å². The van der Waals surface area contributed by atoms with Crippen molar-refractivity contribution in [1.82, 2.24) is 10.2 Å². The van der Waals surface area contributed by atoms with Crippen molar-refractivity contribution >= 4 is 17.2 Å². The van der Waals surface area contributed by atoms with Gasteiger partial charge in [0, 0.05) is 24.2 Å². The quantitative estimate of drug-likeness (QED) is 0.807. The predicted octanol–water partition coefficient (Wildman–Crippen LogP) is 1.27. The van der Waals surface area contributed by atoms with Crippen LogP contribution in [0.4, 0.5) is 0 Å². The molecule has 2 heterocycles. The topological polar surface area (TPSA) is 58.4 Å². The van der Waals surface area contributed by atoms with E-state index in [1.807, 2.05) is 11.4 Å². The molecule has 0 spiro atoms. The van der Waals surface area contributed by atoms with E-state index in [4.69, 9.17) is 5.73 Å². The standard InChI is InChI=1S/C15H21N3OS/c1-11-10-13(5-8-18(11)2)17-15(19)14-12(4-3-7-16)6-9-20-14/h6,9,11,13H,5,7-8,10,16H2,1-2H3,(H,17,19). The van der Waals surface area contributed by atoms with Gasteiger partial charge in [0.25, 0.3) is 5.91 Å². The van der Waals surface area contributed by atoms with Gasteiger partial charge in [-0.25, -0.2) is 0 Å². The monoisotopic (exact) mass is 291 g/mol. The third kappa shape index (κ3) is 3.60. The number of nitrogens with zero attached hydrogens (tertiary/aromatic N) is 1. The van der Waals surface area contributed by atoms with E-state index in [-0.39, 0.29) is 11.9 Å².